The van der Waals surface area contributed by atoms with Crippen LogP contribution in [0.5, 0.6) is 0 Å². The lowest BCUT2D eigenvalue weighted by Crippen LogP contribution is -2.38. The third-order valence-corrected chi connectivity index (χ3v) is 3.16. The molecule has 1 heterocycles. The minimum absolute atomic E-state index is 0.438. The number of nitrogens with one attached hydrogen (secondary N) is 1. The van der Waals surface area contributed by atoms with Gasteiger partial charge in [0.2, 0.25) is 0 Å². The highest BCUT2D eigenvalue weighted by Gasteiger charge is 2.17. The monoisotopic (exact) mass is 208 g/mol. The molecule has 3 N–H and O–H groups in total. The summed E-state index contributed by atoms with van der Waals surface area (Å²) in [5.74, 6) is 1.06. The van der Waals surface area contributed by atoms with E-state index in [2.05, 4.69) is 5.32 Å². The standard InChI is InChI=1S/C12H20N2O/c13-10-3-5-11(6-4-10)14-8-7-12-2-1-9-15-12/h1-2,9-11,14H,3-8,13H2. The Kier molecular flexibility index (Phi) is 3.80. The molecule has 0 radical (unpaired) electrons. The van der Waals surface area contributed by atoms with Gasteiger partial charge in [-0.1, -0.05) is 0 Å². The molecule has 1 aromatic rings. The Morgan fingerprint density at radius 1 is 1.33 bits per heavy atom. The van der Waals surface area contributed by atoms with Crippen LogP contribution < -0.4 is 11.1 Å². The second kappa shape index (κ2) is 5.33. The predicted molar refractivity (Wildman–Crippen MR) is 60.6 cm³/mol. The van der Waals surface area contributed by atoms with E-state index < -0.39 is 0 Å². The minimum Gasteiger partial charge on any atom is -0.469 e. The first-order chi connectivity index (χ1) is 7.34. The van der Waals surface area contributed by atoms with Gasteiger partial charge in [-0.15, -0.1) is 0 Å². The van der Waals surface area contributed by atoms with E-state index in [0.717, 1.165) is 18.7 Å². The number of rotatable bonds is 4. The molecule has 1 aromatic heterocycles. The van der Waals surface area contributed by atoms with Crippen molar-refractivity contribution in [3.8, 4) is 0 Å². The van der Waals surface area contributed by atoms with Crippen LogP contribution in [0.2, 0.25) is 0 Å². The molecule has 3 heteroatoms. The van der Waals surface area contributed by atoms with Gasteiger partial charge in [0.15, 0.2) is 0 Å². The van der Waals surface area contributed by atoms with E-state index in [1.54, 1.807) is 6.26 Å². The Hall–Kier alpha value is -0.800. The van der Waals surface area contributed by atoms with Gasteiger partial charge in [-0.3, -0.25) is 0 Å². The molecular weight excluding hydrogens is 188 g/mol. The van der Waals surface area contributed by atoms with Crippen LogP contribution in [0.15, 0.2) is 22.8 Å². The van der Waals surface area contributed by atoms with E-state index in [4.69, 9.17) is 10.2 Å². The zero-order valence-electron chi connectivity index (χ0n) is 9.11. The molecule has 15 heavy (non-hydrogen) atoms. The van der Waals surface area contributed by atoms with Crippen LogP contribution in [0.3, 0.4) is 0 Å². The van der Waals surface area contributed by atoms with E-state index in [1.165, 1.54) is 25.7 Å². The lowest BCUT2D eigenvalue weighted by molar-refractivity contribution is 0.341. The van der Waals surface area contributed by atoms with Crippen molar-refractivity contribution in [2.75, 3.05) is 6.54 Å². The van der Waals surface area contributed by atoms with Crippen LogP contribution in [0.25, 0.3) is 0 Å². The van der Waals surface area contributed by atoms with Crippen LogP contribution in [-0.2, 0) is 6.42 Å². The fraction of sp³-hybridized carbons (Fsp3) is 0.667. The molecule has 1 aliphatic rings. The Balaban J connectivity index is 1.62. The maximum absolute atomic E-state index is 5.86. The Bertz CT molecular complexity index is 263. The predicted octanol–water partition coefficient (Wildman–Crippen LogP) is 1.68. The summed E-state index contributed by atoms with van der Waals surface area (Å²) < 4.78 is 5.28. The summed E-state index contributed by atoms with van der Waals surface area (Å²) in [4.78, 5) is 0. The maximum Gasteiger partial charge on any atom is 0.105 e. The van der Waals surface area contributed by atoms with Gasteiger partial charge < -0.3 is 15.5 Å². The molecule has 3 nitrogen and oxygen atoms in total. The molecule has 0 aromatic carbocycles. The highest BCUT2D eigenvalue weighted by Crippen LogP contribution is 2.16. The second-order valence-corrected chi connectivity index (χ2v) is 4.40. The average molecular weight is 208 g/mol. The van der Waals surface area contributed by atoms with Gasteiger partial charge >= 0.3 is 0 Å². The van der Waals surface area contributed by atoms with Crippen molar-refractivity contribution in [2.45, 2.75) is 44.2 Å². The van der Waals surface area contributed by atoms with Gasteiger partial charge in [-0.25, -0.2) is 0 Å². The molecule has 0 bridgehead atoms. The summed E-state index contributed by atoms with van der Waals surface area (Å²) in [6.07, 6.45) is 7.49. The van der Waals surface area contributed by atoms with Gasteiger partial charge in [0.25, 0.3) is 0 Å². The largest absolute Gasteiger partial charge is 0.469 e. The first-order valence-electron chi connectivity index (χ1n) is 5.86. The Labute approximate surface area is 91.0 Å². The summed E-state index contributed by atoms with van der Waals surface area (Å²) in [5, 5.41) is 3.56. The van der Waals surface area contributed by atoms with Gasteiger partial charge in [0, 0.05) is 25.0 Å². The fourth-order valence-electron chi connectivity index (χ4n) is 2.18. The van der Waals surface area contributed by atoms with Crippen molar-refractivity contribution >= 4 is 0 Å². The molecule has 0 amide bonds. The molecule has 0 aliphatic heterocycles. The fourth-order valence-corrected chi connectivity index (χ4v) is 2.18. The number of nitrogens with two attached hydrogens (primary N) is 1. The smallest absolute Gasteiger partial charge is 0.105 e. The summed E-state index contributed by atoms with van der Waals surface area (Å²) >= 11 is 0. The molecule has 1 fully saturated rings. The number of hydrogen-bond acceptors (Lipinski definition) is 3. The zero-order chi connectivity index (χ0) is 10.5. The molecule has 0 unspecified atom stereocenters. The highest BCUT2D eigenvalue weighted by atomic mass is 16.3. The van der Waals surface area contributed by atoms with Crippen molar-refractivity contribution in [2.24, 2.45) is 5.73 Å². The van der Waals surface area contributed by atoms with Crippen LogP contribution in [-0.4, -0.2) is 18.6 Å². The molecule has 1 saturated carbocycles. The number of furan rings is 1. The topological polar surface area (TPSA) is 51.2 Å². The van der Waals surface area contributed by atoms with E-state index in [0.29, 0.717) is 12.1 Å². The highest BCUT2D eigenvalue weighted by molar-refractivity contribution is 4.98. The maximum atomic E-state index is 5.86. The minimum atomic E-state index is 0.438. The average Bonchev–Trinajstić information content (AvgIpc) is 2.74. The van der Waals surface area contributed by atoms with E-state index >= 15 is 0 Å². The molecule has 0 atom stereocenters. The Morgan fingerprint density at radius 2 is 2.13 bits per heavy atom. The summed E-state index contributed by atoms with van der Waals surface area (Å²) in [7, 11) is 0. The second-order valence-electron chi connectivity index (χ2n) is 4.40. The Morgan fingerprint density at radius 3 is 2.80 bits per heavy atom. The van der Waals surface area contributed by atoms with Crippen LogP contribution in [0, 0.1) is 0 Å². The molecule has 0 spiro atoms. The summed E-state index contributed by atoms with van der Waals surface area (Å²) in [5.41, 5.74) is 5.86. The first-order valence-corrected chi connectivity index (χ1v) is 5.86. The molecule has 2 rings (SSSR count). The van der Waals surface area contributed by atoms with Crippen molar-refractivity contribution in [1.82, 2.24) is 5.32 Å². The normalized spacial score (nSPS) is 26.7. The quantitative estimate of drug-likeness (QED) is 0.791. The van der Waals surface area contributed by atoms with Crippen LogP contribution >= 0.6 is 0 Å². The van der Waals surface area contributed by atoms with Crippen molar-refractivity contribution in [1.29, 1.82) is 0 Å². The van der Waals surface area contributed by atoms with E-state index in [9.17, 15) is 0 Å². The third-order valence-electron chi connectivity index (χ3n) is 3.16. The zero-order valence-corrected chi connectivity index (χ0v) is 9.11. The molecular formula is C12H20N2O. The third kappa shape index (κ3) is 3.36. The lowest BCUT2D eigenvalue weighted by Gasteiger charge is -2.26. The summed E-state index contributed by atoms with van der Waals surface area (Å²) in [6.45, 7) is 1.01. The van der Waals surface area contributed by atoms with E-state index in [-0.39, 0.29) is 0 Å². The lowest BCUT2D eigenvalue weighted by atomic mass is 9.92. The van der Waals surface area contributed by atoms with Crippen LogP contribution in [0.4, 0.5) is 0 Å². The molecule has 84 valence electrons. The SMILES string of the molecule is NC1CCC(NCCc2ccco2)CC1. The summed E-state index contributed by atoms with van der Waals surface area (Å²) in [6, 6.07) is 5.07. The van der Waals surface area contributed by atoms with Crippen molar-refractivity contribution in [3.05, 3.63) is 24.2 Å². The van der Waals surface area contributed by atoms with E-state index in [1.807, 2.05) is 12.1 Å². The van der Waals surface area contributed by atoms with Gasteiger partial charge in [-0.2, -0.15) is 0 Å². The number of hydrogen-bond donors (Lipinski definition) is 2. The van der Waals surface area contributed by atoms with Gasteiger partial charge in [0.05, 0.1) is 6.26 Å². The molecule has 0 saturated heterocycles. The van der Waals surface area contributed by atoms with Crippen molar-refractivity contribution < 1.29 is 4.42 Å². The first kappa shape index (κ1) is 10.7. The van der Waals surface area contributed by atoms with Gasteiger partial charge in [0.1, 0.15) is 5.76 Å². The van der Waals surface area contributed by atoms with Gasteiger partial charge in [-0.05, 0) is 37.8 Å². The van der Waals surface area contributed by atoms with Crippen molar-refractivity contribution in [3.63, 3.8) is 0 Å². The van der Waals surface area contributed by atoms with Crippen LogP contribution in [0.1, 0.15) is 31.4 Å². The molecule has 1 aliphatic carbocycles.